The maximum Gasteiger partial charge on any atom is 0.116 e. The minimum absolute atomic E-state index is 0.258. The van der Waals surface area contributed by atoms with E-state index in [0.29, 0.717) is 0 Å². The van der Waals surface area contributed by atoms with Crippen LogP contribution in [0.1, 0.15) is 16.7 Å². The SMILES string of the molecule is Oc1ccc(N2C=C(c3ccccc3)c3cc(O)ccc3C2)cc1. The molecule has 0 atom stereocenters. The second-order valence-corrected chi connectivity index (χ2v) is 5.89. The molecule has 0 aromatic heterocycles. The lowest BCUT2D eigenvalue weighted by molar-refractivity contribution is 0.474. The molecule has 0 saturated heterocycles. The van der Waals surface area contributed by atoms with Crippen molar-refractivity contribution in [3.63, 3.8) is 0 Å². The number of rotatable bonds is 2. The lowest BCUT2D eigenvalue weighted by Gasteiger charge is -2.29. The van der Waals surface area contributed by atoms with E-state index in [4.69, 9.17) is 0 Å². The Balaban J connectivity index is 1.85. The molecule has 0 spiro atoms. The monoisotopic (exact) mass is 315 g/mol. The van der Waals surface area contributed by atoms with Crippen molar-refractivity contribution in [1.82, 2.24) is 0 Å². The van der Waals surface area contributed by atoms with Gasteiger partial charge in [0, 0.05) is 24.0 Å². The first-order chi connectivity index (χ1) is 11.7. The predicted octanol–water partition coefficient (Wildman–Crippen LogP) is 4.51. The van der Waals surface area contributed by atoms with Gasteiger partial charge in [-0.15, -0.1) is 0 Å². The van der Waals surface area contributed by atoms with E-state index in [-0.39, 0.29) is 11.5 Å². The summed E-state index contributed by atoms with van der Waals surface area (Å²) in [6.07, 6.45) is 2.10. The molecular formula is C21H17NO2. The lowest BCUT2D eigenvalue weighted by Crippen LogP contribution is -2.21. The minimum Gasteiger partial charge on any atom is -0.508 e. The van der Waals surface area contributed by atoms with E-state index in [1.54, 1.807) is 18.2 Å². The lowest BCUT2D eigenvalue weighted by atomic mass is 9.91. The van der Waals surface area contributed by atoms with Crippen molar-refractivity contribution in [3.8, 4) is 11.5 Å². The molecule has 0 amide bonds. The Morgan fingerprint density at radius 2 is 1.46 bits per heavy atom. The van der Waals surface area contributed by atoms with Gasteiger partial charge in [-0.3, -0.25) is 0 Å². The predicted molar refractivity (Wildman–Crippen MR) is 95.9 cm³/mol. The Morgan fingerprint density at radius 1 is 0.750 bits per heavy atom. The van der Waals surface area contributed by atoms with E-state index in [1.807, 2.05) is 42.5 Å². The minimum atomic E-state index is 0.258. The molecule has 118 valence electrons. The number of hydrogen-bond donors (Lipinski definition) is 2. The molecule has 2 N–H and O–H groups in total. The van der Waals surface area contributed by atoms with Gasteiger partial charge in [0.15, 0.2) is 0 Å². The van der Waals surface area contributed by atoms with Gasteiger partial charge in [0.2, 0.25) is 0 Å². The van der Waals surface area contributed by atoms with Gasteiger partial charge in [0.1, 0.15) is 11.5 Å². The zero-order valence-electron chi connectivity index (χ0n) is 13.1. The second-order valence-electron chi connectivity index (χ2n) is 5.89. The summed E-state index contributed by atoms with van der Waals surface area (Å²) in [4.78, 5) is 2.15. The van der Waals surface area contributed by atoms with Crippen LogP contribution in [0.4, 0.5) is 5.69 Å². The topological polar surface area (TPSA) is 43.7 Å². The normalized spacial score (nSPS) is 13.3. The Morgan fingerprint density at radius 3 is 2.21 bits per heavy atom. The van der Waals surface area contributed by atoms with Gasteiger partial charge < -0.3 is 15.1 Å². The highest BCUT2D eigenvalue weighted by atomic mass is 16.3. The third kappa shape index (κ3) is 2.61. The number of hydrogen-bond acceptors (Lipinski definition) is 3. The van der Waals surface area contributed by atoms with Crippen molar-refractivity contribution >= 4 is 11.3 Å². The summed E-state index contributed by atoms with van der Waals surface area (Å²) < 4.78 is 0. The Kier molecular flexibility index (Phi) is 3.47. The third-order valence-electron chi connectivity index (χ3n) is 4.28. The van der Waals surface area contributed by atoms with Crippen LogP contribution >= 0.6 is 0 Å². The van der Waals surface area contributed by atoms with E-state index >= 15 is 0 Å². The summed E-state index contributed by atoms with van der Waals surface area (Å²) in [5.41, 5.74) is 5.40. The first-order valence-corrected chi connectivity index (χ1v) is 7.86. The van der Waals surface area contributed by atoms with Gasteiger partial charge in [-0.1, -0.05) is 36.4 Å². The molecule has 0 fully saturated rings. The van der Waals surface area contributed by atoms with E-state index in [1.165, 1.54) is 0 Å². The highest BCUT2D eigenvalue weighted by Gasteiger charge is 2.20. The fourth-order valence-corrected chi connectivity index (χ4v) is 3.07. The highest BCUT2D eigenvalue weighted by Crippen LogP contribution is 2.36. The van der Waals surface area contributed by atoms with Crippen molar-refractivity contribution < 1.29 is 10.2 Å². The van der Waals surface area contributed by atoms with Crippen molar-refractivity contribution in [2.24, 2.45) is 0 Å². The highest BCUT2D eigenvalue weighted by molar-refractivity contribution is 5.85. The molecule has 4 rings (SSSR count). The molecule has 0 aliphatic carbocycles. The summed E-state index contributed by atoms with van der Waals surface area (Å²) in [5.74, 6) is 0.530. The number of nitrogens with zero attached hydrogens (tertiary/aromatic N) is 1. The summed E-state index contributed by atoms with van der Waals surface area (Å²) in [6, 6.07) is 22.9. The fourth-order valence-electron chi connectivity index (χ4n) is 3.07. The summed E-state index contributed by atoms with van der Waals surface area (Å²) >= 11 is 0. The number of benzene rings is 3. The quantitative estimate of drug-likeness (QED) is 0.731. The number of aromatic hydroxyl groups is 2. The van der Waals surface area contributed by atoms with Crippen molar-refractivity contribution in [2.45, 2.75) is 6.54 Å². The molecule has 3 aromatic carbocycles. The van der Waals surface area contributed by atoms with Gasteiger partial charge in [0.05, 0.1) is 0 Å². The van der Waals surface area contributed by atoms with Crippen LogP contribution in [-0.4, -0.2) is 10.2 Å². The number of fused-ring (bicyclic) bond motifs is 1. The van der Waals surface area contributed by atoms with Crippen LogP contribution in [0.5, 0.6) is 11.5 Å². The zero-order chi connectivity index (χ0) is 16.5. The smallest absolute Gasteiger partial charge is 0.116 e. The van der Waals surface area contributed by atoms with Crippen LogP contribution < -0.4 is 4.90 Å². The van der Waals surface area contributed by atoms with E-state index in [9.17, 15) is 10.2 Å². The first kappa shape index (κ1) is 14.4. The molecule has 1 heterocycles. The molecule has 0 bridgehead atoms. The maximum atomic E-state index is 9.90. The molecule has 0 saturated carbocycles. The van der Waals surface area contributed by atoms with Gasteiger partial charge >= 0.3 is 0 Å². The third-order valence-corrected chi connectivity index (χ3v) is 4.28. The summed E-state index contributed by atoms with van der Waals surface area (Å²) in [6.45, 7) is 0.719. The van der Waals surface area contributed by atoms with Crippen LogP contribution in [0.2, 0.25) is 0 Å². The largest absolute Gasteiger partial charge is 0.508 e. The summed E-state index contributed by atoms with van der Waals surface area (Å²) in [7, 11) is 0. The van der Waals surface area contributed by atoms with Gasteiger partial charge in [-0.05, 0) is 53.1 Å². The van der Waals surface area contributed by atoms with Crippen molar-refractivity contribution in [1.29, 1.82) is 0 Å². The second kappa shape index (κ2) is 5.78. The number of phenolic OH excluding ortho intramolecular Hbond substituents is 2. The maximum absolute atomic E-state index is 9.90. The van der Waals surface area contributed by atoms with Crippen LogP contribution in [0.25, 0.3) is 5.57 Å². The van der Waals surface area contributed by atoms with E-state index in [2.05, 4.69) is 23.2 Å². The Labute approximate surface area is 140 Å². The van der Waals surface area contributed by atoms with Crippen LogP contribution in [-0.2, 0) is 6.54 Å². The van der Waals surface area contributed by atoms with Crippen LogP contribution in [0.15, 0.2) is 79.0 Å². The first-order valence-electron chi connectivity index (χ1n) is 7.86. The zero-order valence-corrected chi connectivity index (χ0v) is 13.1. The molecule has 0 radical (unpaired) electrons. The van der Waals surface area contributed by atoms with Crippen LogP contribution in [0, 0.1) is 0 Å². The van der Waals surface area contributed by atoms with E-state index in [0.717, 1.165) is 34.5 Å². The van der Waals surface area contributed by atoms with E-state index < -0.39 is 0 Å². The molecule has 0 unspecified atom stereocenters. The van der Waals surface area contributed by atoms with Gasteiger partial charge in [0.25, 0.3) is 0 Å². The van der Waals surface area contributed by atoms with Crippen molar-refractivity contribution in [3.05, 3.63) is 95.7 Å². The molecule has 3 nitrogen and oxygen atoms in total. The number of phenols is 2. The molecule has 1 aliphatic rings. The fraction of sp³-hybridized carbons (Fsp3) is 0.0476. The van der Waals surface area contributed by atoms with Gasteiger partial charge in [-0.2, -0.15) is 0 Å². The Hall–Kier alpha value is -3.20. The molecule has 24 heavy (non-hydrogen) atoms. The number of anilines is 1. The summed E-state index contributed by atoms with van der Waals surface area (Å²) in [5, 5.41) is 19.4. The van der Waals surface area contributed by atoms with Gasteiger partial charge in [-0.25, -0.2) is 0 Å². The van der Waals surface area contributed by atoms with Crippen LogP contribution in [0.3, 0.4) is 0 Å². The van der Waals surface area contributed by atoms with Crippen molar-refractivity contribution in [2.75, 3.05) is 4.90 Å². The molecule has 3 aromatic rings. The Bertz CT molecular complexity index is 899. The standard InChI is InChI=1S/C21H17NO2/c23-18-10-7-17(8-11-18)22-13-16-6-9-19(24)12-20(16)21(14-22)15-4-2-1-3-5-15/h1-12,14,23-24H,13H2. The molecular weight excluding hydrogens is 298 g/mol. The average Bonchev–Trinajstić information content (AvgIpc) is 2.62. The molecule has 3 heteroatoms. The average molecular weight is 315 g/mol. The molecule has 1 aliphatic heterocycles.